The van der Waals surface area contributed by atoms with Gasteiger partial charge >= 0.3 is 0 Å². The second-order valence-electron chi connectivity index (χ2n) is 7.48. The SMILES string of the molecule is CS(=O)(=O)N1CCCC(NC(=O)C2CCN(c3ccccc3[N+](=O)[O-])CC2)C1. The van der Waals surface area contributed by atoms with E-state index in [9.17, 15) is 23.3 Å². The third-order valence-electron chi connectivity index (χ3n) is 5.48. The number of hydrogen-bond donors (Lipinski definition) is 1. The summed E-state index contributed by atoms with van der Waals surface area (Å²) in [6, 6.07) is 6.48. The van der Waals surface area contributed by atoms with Crippen LogP contribution < -0.4 is 10.2 Å². The lowest BCUT2D eigenvalue weighted by atomic mass is 9.94. The van der Waals surface area contributed by atoms with E-state index in [-0.39, 0.29) is 28.5 Å². The number of nitrogens with one attached hydrogen (secondary N) is 1. The molecule has 9 nitrogen and oxygen atoms in total. The first-order valence-corrected chi connectivity index (χ1v) is 11.3. The van der Waals surface area contributed by atoms with Crippen molar-refractivity contribution in [3.63, 3.8) is 0 Å². The summed E-state index contributed by atoms with van der Waals surface area (Å²) < 4.78 is 24.9. The van der Waals surface area contributed by atoms with Crippen molar-refractivity contribution >= 4 is 27.3 Å². The molecule has 2 fully saturated rings. The topological polar surface area (TPSA) is 113 Å². The molecule has 2 saturated heterocycles. The first-order valence-electron chi connectivity index (χ1n) is 9.49. The van der Waals surface area contributed by atoms with Gasteiger partial charge in [0.1, 0.15) is 5.69 Å². The average Bonchev–Trinajstić information content (AvgIpc) is 2.67. The van der Waals surface area contributed by atoms with Gasteiger partial charge in [0.05, 0.1) is 11.2 Å². The van der Waals surface area contributed by atoms with Crippen LogP contribution in [0.5, 0.6) is 0 Å². The fourth-order valence-corrected chi connectivity index (χ4v) is 4.86. The second-order valence-corrected chi connectivity index (χ2v) is 9.46. The first-order chi connectivity index (χ1) is 13.3. The summed E-state index contributed by atoms with van der Waals surface area (Å²) in [4.78, 5) is 25.4. The van der Waals surface area contributed by atoms with Crippen LogP contribution in [0.25, 0.3) is 0 Å². The summed E-state index contributed by atoms with van der Waals surface area (Å²) in [5.74, 6) is -0.213. The van der Waals surface area contributed by atoms with Crippen LogP contribution in [0.3, 0.4) is 0 Å². The van der Waals surface area contributed by atoms with Gasteiger partial charge in [-0.2, -0.15) is 0 Å². The molecule has 1 atom stereocenters. The van der Waals surface area contributed by atoms with Gasteiger partial charge in [0.25, 0.3) is 5.69 Å². The summed E-state index contributed by atoms with van der Waals surface area (Å²) in [7, 11) is -3.25. The number of anilines is 1. The number of nitrogens with zero attached hydrogens (tertiary/aromatic N) is 3. The van der Waals surface area contributed by atoms with Crippen LogP contribution in [0.4, 0.5) is 11.4 Å². The zero-order valence-corrected chi connectivity index (χ0v) is 16.7. The van der Waals surface area contributed by atoms with Gasteiger partial charge < -0.3 is 10.2 Å². The number of nitro benzene ring substituents is 1. The third-order valence-corrected chi connectivity index (χ3v) is 6.75. The maximum atomic E-state index is 12.6. The van der Waals surface area contributed by atoms with E-state index < -0.39 is 10.0 Å². The lowest BCUT2D eigenvalue weighted by Gasteiger charge is -2.35. The van der Waals surface area contributed by atoms with Crippen LogP contribution in [0.1, 0.15) is 25.7 Å². The minimum absolute atomic E-state index is 0.0532. The van der Waals surface area contributed by atoms with Gasteiger partial charge in [0.15, 0.2) is 0 Å². The molecule has 1 aromatic carbocycles. The zero-order chi connectivity index (χ0) is 20.3. The quantitative estimate of drug-likeness (QED) is 0.579. The molecule has 1 unspecified atom stereocenters. The number of para-hydroxylation sites is 2. The molecule has 0 bridgehead atoms. The zero-order valence-electron chi connectivity index (χ0n) is 15.9. The highest BCUT2D eigenvalue weighted by Crippen LogP contribution is 2.31. The Kier molecular flexibility index (Phi) is 6.19. The van der Waals surface area contributed by atoms with E-state index in [1.165, 1.54) is 16.6 Å². The van der Waals surface area contributed by atoms with E-state index in [1.54, 1.807) is 18.2 Å². The summed E-state index contributed by atoms with van der Waals surface area (Å²) in [5, 5.41) is 14.2. The van der Waals surface area contributed by atoms with E-state index >= 15 is 0 Å². The van der Waals surface area contributed by atoms with E-state index in [1.807, 2.05) is 4.90 Å². The minimum atomic E-state index is -3.25. The number of hydrogen-bond acceptors (Lipinski definition) is 6. The van der Waals surface area contributed by atoms with Crippen molar-refractivity contribution in [2.45, 2.75) is 31.7 Å². The van der Waals surface area contributed by atoms with Crippen molar-refractivity contribution in [3.8, 4) is 0 Å². The molecular weight excluding hydrogens is 384 g/mol. The van der Waals surface area contributed by atoms with E-state index in [0.717, 1.165) is 12.8 Å². The molecule has 1 aromatic rings. The molecule has 0 saturated carbocycles. The normalized spacial score (nSPS) is 22.0. The number of carbonyl (C=O) groups excluding carboxylic acids is 1. The van der Waals surface area contributed by atoms with Crippen molar-refractivity contribution in [2.75, 3.05) is 37.3 Å². The van der Waals surface area contributed by atoms with Gasteiger partial charge in [-0.25, -0.2) is 12.7 Å². The summed E-state index contributed by atoms with van der Waals surface area (Å²) >= 11 is 0. The summed E-state index contributed by atoms with van der Waals surface area (Å²) in [6.07, 6.45) is 3.91. The monoisotopic (exact) mass is 410 g/mol. The molecule has 2 aliphatic heterocycles. The highest BCUT2D eigenvalue weighted by Gasteiger charge is 2.31. The fourth-order valence-electron chi connectivity index (χ4n) is 3.95. The van der Waals surface area contributed by atoms with Crippen LogP contribution in [0.2, 0.25) is 0 Å². The number of rotatable bonds is 5. The molecule has 0 spiro atoms. The second kappa shape index (κ2) is 8.44. The Bertz CT molecular complexity index is 836. The Morgan fingerprint density at radius 2 is 1.86 bits per heavy atom. The van der Waals surface area contributed by atoms with Crippen LogP contribution in [0.15, 0.2) is 24.3 Å². The Morgan fingerprint density at radius 3 is 2.50 bits per heavy atom. The third kappa shape index (κ3) is 4.79. The lowest BCUT2D eigenvalue weighted by molar-refractivity contribution is -0.384. The molecular formula is C18H26N4O5S. The van der Waals surface area contributed by atoms with Crippen LogP contribution >= 0.6 is 0 Å². The average molecular weight is 410 g/mol. The molecule has 154 valence electrons. The molecule has 2 aliphatic rings. The molecule has 10 heteroatoms. The maximum Gasteiger partial charge on any atom is 0.292 e. The van der Waals surface area contributed by atoms with E-state index in [0.29, 0.717) is 44.7 Å². The van der Waals surface area contributed by atoms with Gasteiger partial charge in [-0.05, 0) is 31.7 Å². The van der Waals surface area contributed by atoms with Crippen LogP contribution in [-0.2, 0) is 14.8 Å². The predicted molar refractivity (Wildman–Crippen MR) is 106 cm³/mol. The molecule has 1 N–H and O–H groups in total. The number of nitro groups is 1. The van der Waals surface area contributed by atoms with Gasteiger partial charge in [0.2, 0.25) is 15.9 Å². The standard InChI is InChI=1S/C18H26N4O5S/c1-28(26,27)21-10-4-5-15(13-21)19-18(23)14-8-11-20(12-9-14)16-6-2-3-7-17(16)22(24)25/h2-3,6-7,14-15H,4-5,8-13H2,1H3,(H,19,23). The Labute approximate surface area is 164 Å². The molecule has 2 heterocycles. The largest absolute Gasteiger partial charge is 0.366 e. The van der Waals surface area contributed by atoms with Crippen LogP contribution in [-0.4, -0.2) is 62.0 Å². The highest BCUT2D eigenvalue weighted by molar-refractivity contribution is 7.88. The van der Waals surface area contributed by atoms with Crippen LogP contribution in [0, 0.1) is 16.0 Å². The van der Waals surface area contributed by atoms with Crippen molar-refractivity contribution in [1.29, 1.82) is 0 Å². The molecule has 3 rings (SSSR count). The van der Waals surface area contributed by atoms with Crippen molar-refractivity contribution in [1.82, 2.24) is 9.62 Å². The van der Waals surface area contributed by atoms with Gasteiger partial charge in [-0.3, -0.25) is 14.9 Å². The molecule has 28 heavy (non-hydrogen) atoms. The molecule has 0 aromatic heterocycles. The molecule has 0 aliphatic carbocycles. The Morgan fingerprint density at radius 1 is 1.18 bits per heavy atom. The van der Waals surface area contributed by atoms with Gasteiger partial charge in [0, 0.05) is 44.2 Å². The van der Waals surface area contributed by atoms with Crippen molar-refractivity contribution in [3.05, 3.63) is 34.4 Å². The molecule has 1 amide bonds. The highest BCUT2D eigenvalue weighted by atomic mass is 32.2. The first kappa shape index (κ1) is 20.5. The lowest BCUT2D eigenvalue weighted by Crippen LogP contribution is -2.51. The fraction of sp³-hybridized carbons (Fsp3) is 0.611. The van der Waals surface area contributed by atoms with E-state index in [4.69, 9.17) is 0 Å². The summed E-state index contributed by atoms with van der Waals surface area (Å²) in [5.41, 5.74) is 0.663. The number of sulfonamides is 1. The Balaban J connectivity index is 1.55. The van der Waals surface area contributed by atoms with Gasteiger partial charge in [-0.1, -0.05) is 12.1 Å². The number of piperidine rings is 2. The maximum absolute atomic E-state index is 12.6. The Hall–Kier alpha value is -2.20. The number of benzene rings is 1. The number of carbonyl (C=O) groups is 1. The van der Waals surface area contributed by atoms with Crippen molar-refractivity contribution < 1.29 is 18.1 Å². The molecule has 0 radical (unpaired) electrons. The minimum Gasteiger partial charge on any atom is -0.366 e. The smallest absolute Gasteiger partial charge is 0.292 e. The van der Waals surface area contributed by atoms with E-state index in [2.05, 4.69) is 5.32 Å². The van der Waals surface area contributed by atoms with Gasteiger partial charge in [-0.15, -0.1) is 0 Å². The van der Waals surface area contributed by atoms with Crippen molar-refractivity contribution in [2.24, 2.45) is 5.92 Å². The summed E-state index contributed by atoms with van der Waals surface area (Å²) in [6.45, 7) is 1.96. The number of amides is 1. The predicted octanol–water partition coefficient (Wildman–Crippen LogP) is 1.35.